The Kier molecular flexibility index (Phi) is 4.16. The van der Waals surface area contributed by atoms with Crippen LogP contribution in [-0.2, 0) is 6.42 Å². The standard InChI is InChI=1S/C12H18BrN3/c1-2-11-14-10(13)9-12(15-11)16-7-5-3-4-6-8-16/h9H,2-8H2,1H3. The smallest absolute Gasteiger partial charge is 0.133 e. The molecule has 1 saturated heterocycles. The molecule has 0 unspecified atom stereocenters. The number of hydrogen-bond acceptors (Lipinski definition) is 3. The summed E-state index contributed by atoms with van der Waals surface area (Å²) in [6, 6.07) is 2.03. The lowest BCUT2D eigenvalue weighted by Gasteiger charge is -2.21. The van der Waals surface area contributed by atoms with E-state index in [9.17, 15) is 0 Å². The van der Waals surface area contributed by atoms with E-state index in [1.54, 1.807) is 0 Å². The second kappa shape index (κ2) is 5.62. The van der Waals surface area contributed by atoms with Gasteiger partial charge in [0.15, 0.2) is 0 Å². The van der Waals surface area contributed by atoms with E-state index < -0.39 is 0 Å². The molecule has 0 radical (unpaired) electrons. The highest BCUT2D eigenvalue weighted by molar-refractivity contribution is 9.10. The van der Waals surface area contributed by atoms with Gasteiger partial charge in [-0.15, -0.1) is 0 Å². The molecule has 0 N–H and O–H groups in total. The van der Waals surface area contributed by atoms with Crippen molar-refractivity contribution in [3.63, 3.8) is 0 Å². The molecule has 1 aliphatic heterocycles. The van der Waals surface area contributed by atoms with Gasteiger partial charge in [0.25, 0.3) is 0 Å². The number of anilines is 1. The van der Waals surface area contributed by atoms with Crippen LogP contribution in [0.25, 0.3) is 0 Å². The molecule has 0 bridgehead atoms. The molecule has 0 aliphatic carbocycles. The zero-order valence-corrected chi connectivity index (χ0v) is 11.3. The van der Waals surface area contributed by atoms with Crippen molar-refractivity contribution in [2.24, 2.45) is 0 Å². The molecular weight excluding hydrogens is 266 g/mol. The number of hydrogen-bond donors (Lipinski definition) is 0. The van der Waals surface area contributed by atoms with E-state index >= 15 is 0 Å². The molecule has 0 atom stereocenters. The van der Waals surface area contributed by atoms with Crippen LogP contribution in [0.15, 0.2) is 10.7 Å². The lowest BCUT2D eigenvalue weighted by Crippen LogP contribution is -2.25. The molecule has 2 rings (SSSR count). The van der Waals surface area contributed by atoms with Gasteiger partial charge in [-0.2, -0.15) is 0 Å². The minimum atomic E-state index is 0.889. The normalized spacial score (nSPS) is 17.2. The Hall–Kier alpha value is -0.640. The predicted octanol–water partition coefficient (Wildman–Crippen LogP) is 3.18. The molecule has 0 spiro atoms. The molecule has 0 saturated carbocycles. The second-order valence-corrected chi connectivity index (χ2v) is 5.03. The average Bonchev–Trinajstić information content (AvgIpc) is 2.56. The van der Waals surface area contributed by atoms with Crippen LogP contribution in [-0.4, -0.2) is 23.1 Å². The summed E-state index contributed by atoms with van der Waals surface area (Å²) in [5, 5.41) is 0. The molecule has 0 amide bonds. The highest BCUT2D eigenvalue weighted by Gasteiger charge is 2.12. The zero-order chi connectivity index (χ0) is 11.4. The summed E-state index contributed by atoms with van der Waals surface area (Å²) in [4.78, 5) is 11.3. The molecule has 88 valence electrons. The molecule has 1 fully saturated rings. The van der Waals surface area contributed by atoms with Crippen molar-refractivity contribution in [1.82, 2.24) is 9.97 Å². The summed E-state index contributed by atoms with van der Waals surface area (Å²) in [5.74, 6) is 2.01. The summed E-state index contributed by atoms with van der Waals surface area (Å²) in [6.07, 6.45) is 6.15. The van der Waals surface area contributed by atoms with Gasteiger partial charge in [0.1, 0.15) is 16.2 Å². The number of rotatable bonds is 2. The van der Waals surface area contributed by atoms with Crippen LogP contribution >= 0.6 is 15.9 Å². The summed E-state index contributed by atoms with van der Waals surface area (Å²) in [6.45, 7) is 4.35. The van der Waals surface area contributed by atoms with Crippen molar-refractivity contribution in [2.45, 2.75) is 39.0 Å². The molecule has 3 nitrogen and oxygen atoms in total. The second-order valence-electron chi connectivity index (χ2n) is 4.22. The number of aryl methyl sites for hydroxylation is 1. The van der Waals surface area contributed by atoms with E-state index in [1.165, 1.54) is 25.7 Å². The number of nitrogens with zero attached hydrogens (tertiary/aromatic N) is 3. The lowest BCUT2D eigenvalue weighted by atomic mass is 10.2. The zero-order valence-electron chi connectivity index (χ0n) is 9.75. The van der Waals surface area contributed by atoms with Crippen LogP contribution < -0.4 is 4.90 Å². The van der Waals surface area contributed by atoms with Crippen LogP contribution in [0.1, 0.15) is 38.4 Å². The third-order valence-corrected chi connectivity index (χ3v) is 3.38. The molecule has 0 aromatic carbocycles. The van der Waals surface area contributed by atoms with E-state index in [4.69, 9.17) is 0 Å². The third-order valence-electron chi connectivity index (χ3n) is 2.97. The fraction of sp³-hybridized carbons (Fsp3) is 0.667. The number of aromatic nitrogens is 2. The first-order valence-electron chi connectivity index (χ1n) is 6.08. The SMILES string of the molecule is CCc1nc(Br)cc(N2CCCCCC2)n1. The monoisotopic (exact) mass is 283 g/mol. The van der Waals surface area contributed by atoms with Gasteiger partial charge in [0, 0.05) is 25.6 Å². The van der Waals surface area contributed by atoms with Crippen LogP contribution in [0.3, 0.4) is 0 Å². The fourth-order valence-electron chi connectivity index (χ4n) is 2.07. The summed E-state index contributed by atoms with van der Waals surface area (Å²) in [7, 11) is 0. The van der Waals surface area contributed by atoms with Gasteiger partial charge in [-0.05, 0) is 28.8 Å². The summed E-state index contributed by atoms with van der Waals surface area (Å²) >= 11 is 3.46. The molecule has 1 aliphatic rings. The van der Waals surface area contributed by atoms with Gasteiger partial charge in [-0.3, -0.25) is 0 Å². The Bertz CT molecular complexity index is 346. The lowest BCUT2D eigenvalue weighted by molar-refractivity contribution is 0.726. The van der Waals surface area contributed by atoms with E-state index in [0.29, 0.717) is 0 Å². The molecule has 1 aromatic rings. The van der Waals surface area contributed by atoms with Crippen LogP contribution in [0.4, 0.5) is 5.82 Å². The number of halogens is 1. The van der Waals surface area contributed by atoms with E-state index in [2.05, 4.69) is 37.7 Å². The molecule has 1 aromatic heterocycles. The first kappa shape index (κ1) is 11.8. The maximum absolute atomic E-state index is 4.60. The Morgan fingerprint density at radius 1 is 1.19 bits per heavy atom. The predicted molar refractivity (Wildman–Crippen MR) is 69.8 cm³/mol. The maximum atomic E-state index is 4.60. The largest absolute Gasteiger partial charge is 0.356 e. The minimum Gasteiger partial charge on any atom is -0.356 e. The highest BCUT2D eigenvalue weighted by atomic mass is 79.9. The van der Waals surface area contributed by atoms with Gasteiger partial charge in [-0.25, -0.2) is 9.97 Å². The molecule has 2 heterocycles. The average molecular weight is 284 g/mol. The van der Waals surface area contributed by atoms with E-state index in [-0.39, 0.29) is 0 Å². The quantitative estimate of drug-likeness (QED) is 0.781. The summed E-state index contributed by atoms with van der Waals surface area (Å²) < 4.78 is 0.901. The van der Waals surface area contributed by atoms with Crippen LogP contribution in [0, 0.1) is 0 Å². The van der Waals surface area contributed by atoms with Crippen LogP contribution in [0.5, 0.6) is 0 Å². The van der Waals surface area contributed by atoms with Crippen molar-refractivity contribution in [1.29, 1.82) is 0 Å². The third kappa shape index (κ3) is 2.94. The Labute approximate surface area is 105 Å². The van der Waals surface area contributed by atoms with Gasteiger partial charge < -0.3 is 4.90 Å². The first-order chi connectivity index (χ1) is 7.79. The molecule has 4 heteroatoms. The fourth-order valence-corrected chi connectivity index (χ4v) is 2.48. The van der Waals surface area contributed by atoms with Gasteiger partial charge in [0.05, 0.1) is 0 Å². The minimum absolute atomic E-state index is 0.889. The Balaban J connectivity index is 2.20. The van der Waals surface area contributed by atoms with Crippen molar-refractivity contribution in [2.75, 3.05) is 18.0 Å². The highest BCUT2D eigenvalue weighted by Crippen LogP contribution is 2.20. The van der Waals surface area contributed by atoms with E-state index in [0.717, 1.165) is 35.8 Å². The molecular formula is C12H18BrN3. The molecule has 16 heavy (non-hydrogen) atoms. The van der Waals surface area contributed by atoms with Crippen molar-refractivity contribution in [3.05, 3.63) is 16.5 Å². The van der Waals surface area contributed by atoms with E-state index in [1.807, 2.05) is 6.07 Å². The first-order valence-corrected chi connectivity index (χ1v) is 6.87. The Morgan fingerprint density at radius 3 is 2.50 bits per heavy atom. The van der Waals surface area contributed by atoms with Crippen LogP contribution in [0.2, 0.25) is 0 Å². The van der Waals surface area contributed by atoms with Gasteiger partial charge in [-0.1, -0.05) is 19.8 Å². The van der Waals surface area contributed by atoms with Crippen molar-refractivity contribution in [3.8, 4) is 0 Å². The van der Waals surface area contributed by atoms with Gasteiger partial charge >= 0.3 is 0 Å². The Morgan fingerprint density at radius 2 is 1.88 bits per heavy atom. The van der Waals surface area contributed by atoms with Crippen molar-refractivity contribution >= 4 is 21.7 Å². The summed E-state index contributed by atoms with van der Waals surface area (Å²) in [5.41, 5.74) is 0. The van der Waals surface area contributed by atoms with Gasteiger partial charge in [0.2, 0.25) is 0 Å². The maximum Gasteiger partial charge on any atom is 0.133 e. The topological polar surface area (TPSA) is 29.0 Å². The van der Waals surface area contributed by atoms with Crippen molar-refractivity contribution < 1.29 is 0 Å².